The summed E-state index contributed by atoms with van der Waals surface area (Å²) in [5.74, 6) is -0.580. The van der Waals surface area contributed by atoms with Crippen molar-refractivity contribution in [1.82, 2.24) is 9.97 Å². The van der Waals surface area contributed by atoms with Crippen LogP contribution in [0, 0.1) is 0 Å². The highest BCUT2D eigenvalue weighted by molar-refractivity contribution is 6.30. The van der Waals surface area contributed by atoms with Gasteiger partial charge < -0.3 is 10.4 Å². The van der Waals surface area contributed by atoms with Crippen molar-refractivity contribution in [1.29, 1.82) is 0 Å². The Labute approximate surface area is 84.9 Å². The van der Waals surface area contributed by atoms with Crippen LogP contribution in [-0.4, -0.2) is 34.4 Å². The molecule has 0 atom stereocenters. The summed E-state index contributed by atoms with van der Waals surface area (Å²) >= 11 is 5.43. The van der Waals surface area contributed by atoms with Crippen LogP contribution in [0.5, 0.6) is 0 Å². The van der Waals surface area contributed by atoms with Crippen molar-refractivity contribution in [2.45, 2.75) is 0 Å². The van der Waals surface area contributed by atoms with E-state index < -0.39 is 5.91 Å². The van der Waals surface area contributed by atoms with Gasteiger partial charge in [-0.25, -0.2) is 9.97 Å². The van der Waals surface area contributed by atoms with E-state index in [4.69, 9.17) is 16.7 Å². The fraction of sp³-hybridized carbons (Fsp3) is 0.143. The number of nitrogens with zero attached hydrogens (tertiary/aromatic N) is 2. The number of hydrogen-bond acceptors (Lipinski definition) is 5. The molecule has 1 rings (SSSR count). The van der Waals surface area contributed by atoms with Crippen LogP contribution in [0.25, 0.3) is 0 Å². The third-order valence-corrected chi connectivity index (χ3v) is 1.17. The first-order valence-corrected chi connectivity index (χ1v) is 3.78. The number of aliphatic hydroxyl groups excluding tert-OH is 1. The van der Waals surface area contributed by atoms with E-state index in [9.17, 15) is 9.59 Å². The zero-order valence-corrected chi connectivity index (χ0v) is 8.02. The van der Waals surface area contributed by atoms with Crippen LogP contribution in [0.1, 0.15) is 0 Å². The van der Waals surface area contributed by atoms with E-state index in [2.05, 4.69) is 15.3 Å². The van der Waals surface area contributed by atoms with Crippen molar-refractivity contribution in [3.63, 3.8) is 0 Å². The molecule has 0 spiro atoms. The summed E-state index contributed by atoms with van der Waals surface area (Å²) in [7, 11) is 1.00. The Morgan fingerprint density at radius 3 is 2.57 bits per heavy atom. The Balaban J connectivity index is 0.000000791. The number of aliphatic hydroxyl groups is 1. The number of aldehydes is 1. The van der Waals surface area contributed by atoms with Crippen LogP contribution >= 0.6 is 11.6 Å². The van der Waals surface area contributed by atoms with Gasteiger partial charge in [-0.1, -0.05) is 11.6 Å². The molecule has 0 aliphatic rings. The molecule has 6 nitrogen and oxygen atoms in total. The lowest BCUT2D eigenvalue weighted by atomic mass is 10.6. The molecule has 1 amide bonds. The highest BCUT2D eigenvalue weighted by Crippen LogP contribution is 2.04. The van der Waals surface area contributed by atoms with Gasteiger partial charge in [-0.3, -0.25) is 9.59 Å². The van der Waals surface area contributed by atoms with Crippen LogP contribution in [0.15, 0.2) is 12.4 Å². The van der Waals surface area contributed by atoms with Gasteiger partial charge in [0.15, 0.2) is 5.82 Å². The molecule has 0 saturated carbocycles. The van der Waals surface area contributed by atoms with Crippen LogP contribution in [0.2, 0.25) is 5.15 Å². The predicted octanol–water partition coefficient (Wildman–Crippen LogP) is -0.124. The van der Waals surface area contributed by atoms with Gasteiger partial charge in [-0.2, -0.15) is 0 Å². The minimum absolute atomic E-state index is 0.149. The molecule has 1 aromatic rings. The molecule has 2 N–H and O–H groups in total. The minimum Gasteiger partial charge on any atom is -0.400 e. The highest BCUT2D eigenvalue weighted by atomic mass is 35.5. The Hall–Kier alpha value is -1.53. The zero-order valence-electron chi connectivity index (χ0n) is 7.27. The first-order valence-electron chi connectivity index (χ1n) is 3.41. The lowest BCUT2D eigenvalue weighted by Crippen LogP contribution is -2.13. The van der Waals surface area contributed by atoms with E-state index in [-0.39, 0.29) is 17.3 Å². The SMILES string of the molecule is CO.O=CC(=O)Nc1cnc(Cl)cn1. The van der Waals surface area contributed by atoms with E-state index in [1.807, 2.05) is 0 Å². The number of carbonyl (C=O) groups excluding carboxylic acids is 2. The quantitative estimate of drug-likeness (QED) is 0.532. The summed E-state index contributed by atoms with van der Waals surface area (Å²) in [6.07, 6.45) is 2.67. The van der Waals surface area contributed by atoms with Crippen molar-refractivity contribution in [3.8, 4) is 0 Å². The molecular formula is C7H8ClN3O3. The summed E-state index contributed by atoms with van der Waals surface area (Å²) in [5, 5.41) is 9.40. The number of hydrogen-bond donors (Lipinski definition) is 2. The standard InChI is InChI=1S/C6H4ClN3O2.CH4O/c7-4-1-9-5(2-8-4)10-6(12)3-11;1-2/h1-3H,(H,9,10,12);2H,1H3. The summed E-state index contributed by atoms with van der Waals surface area (Å²) in [5.41, 5.74) is 0. The molecule has 0 aromatic carbocycles. The number of aromatic nitrogens is 2. The van der Waals surface area contributed by atoms with Crippen LogP contribution < -0.4 is 5.32 Å². The second-order valence-electron chi connectivity index (χ2n) is 1.83. The first-order chi connectivity index (χ1) is 6.72. The van der Waals surface area contributed by atoms with E-state index in [1.165, 1.54) is 12.4 Å². The summed E-state index contributed by atoms with van der Waals surface area (Å²) in [6, 6.07) is 0. The molecule has 0 bridgehead atoms. The fourth-order valence-electron chi connectivity index (χ4n) is 0.533. The second-order valence-corrected chi connectivity index (χ2v) is 2.22. The van der Waals surface area contributed by atoms with Gasteiger partial charge in [-0.15, -0.1) is 0 Å². The third kappa shape index (κ3) is 4.48. The smallest absolute Gasteiger partial charge is 0.289 e. The molecule has 0 aliphatic carbocycles. The maximum absolute atomic E-state index is 10.5. The molecule has 0 fully saturated rings. The number of rotatable bonds is 2. The summed E-state index contributed by atoms with van der Waals surface area (Å²) < 4.78 is 0. The number of nitrogens with one attached hydrogen (secondary N) is 1. The van der Waals surface area contributed by atoms with Crippen LogP contribution in [0.3, 0.4) is 0 Å². The molecule has 1 aromatic heterocycles. The highest BCUT2D eigenvalue weighted by Gasteiger charge is 1.99. The predicted molar refractivity (Wildman–Crippen MR) is 49.9 cm³/mol. The molecule has 0 aliphatic heterocycles. The normalized spacial score (nSPS) is 8.21. The number of carbonyl (C=O) groups is 2. The molecule has 0 saturated heterocycles. The zero-order chi connectivity index (χ0) is 11.0. The molecule has 1 heterocycles. The van der Waals surface area contributed by atoms with E-state index in [1.54, 1.807) is 0 Å². The van der Waals surface area contributed by atoms with Gasteiger partial charge in [-0.05, 0) is 0 Å². The van der Waals surface area contributed by atoms with Gasteiger partial charge in [0.1, 0.15) is 5.15 Å². The molecule has 76 valence electrons. The average Bonchev–Trinajstić information content (AvgIpc) is 2.24. The van der Waals surface area contributed by atoms with Crippen LogP contribution in [0.4, 0.5) is 5.82 Å². The van der Waals surface area contributed by atoms with E-state index >= 15 is 0 Å². The molecule has 14 heavy (non-hydrogen) atoms. The lowest BCUT2D eigenvalue weighted by Gasteiger charge is -1.97. The average molecular weight is 218 g/mol. The monoisotopic (exact) mass is 217 g/mol. The van der Waals surface area contributed by atoms with Gasteiger partial charge in [0.2, 0.25) is 6.29 Å². The van der Waals surface area contributed by atoms with E-state index in [0.29, 0.717) is 0 Å². The van der Waals surface area contributed by atoms with Gasteiger partial charge in [0.05, 0.1) is 12.4 Å². The molecule has 7 heteroatoms. The maximum atomic E-state index is 10.5. The Morgan fingerprint density at radius 1 is 1.50 bits per heavy atom. The summed E-state index contributed by atoms with van der Waals surface area (Å²) in [4.78, 5) is 27.7. The number of halogens is 1. The Morgan fingerprint density at radius 2 is 2.14 bits per heavy atom. The maximum Gasteiger partial charge on any atom is 0.289 e. The van der Waals surface area contributed by atoms with Crippen molar-refractivity contribution < 1.29 is 14.7 Å². The van der Waals surface area contributed by atoms with Crippen molar-refractivity contribution in [3.05, 3.63) is 17.5 Å². The van der Waals surface area contributed by atoms with Crippen molar-refractivity contribution in [2.24, 2.45) is 0 Å². The first kappa shape index (κ1) is 12.5. The van der Waals surface area contributed by atoms with E-state index in [0.717, 1.165) is 7.11 Å². The molecular weight excluding hydrogens is 210 g/mol. The largest absolute Gasteiger partial charge is 0.400 e. The molecule has 0 radical (unpaired) electrons. The topological polar surface area (TPSA) is 92.2 Å². The molecule has 0 unspecified atom stereocenters. The third-order valence-electron chi connectivity index (χ3n) is 0.979. The fourth-order valence-corrected chi connectivity index (χ4v) is 0.630. The second kappa shape index (κ2) is 6.93. The lowest BCUT2D eigenvalue weighted by molar-refractivity contribution is -0.127. The summed E-state index contributed by atoms with van der Waals surface area (Å²) in [6.45, 7) is 0. The Kier molecular flexibility index (Phi) is 6.17. The van der Waals surface area contributed by atoms with Gasteiger partial charge in [0, 0.05) is 7.11 Å². The van der Waals surface area contributed by atoms with Crippen molar-refractivity contribution in [2.75, 3.05) is 12.4 Å². The van der Waals surface area contributed by atoms with Crippen LogP contribution in [-0.2, 0) is 9.59 Å². The number of anilines is 1. The Bertz CT molecular complexity index is 302. The van der Waals surface area contributed by atoms with Gasteiger partial charge >= 0.3 is 0 Å². The number of amides is 1. The van der Waals surface area contributed by atoms with Gasteiger partial charge in [0.25, 0.3) is 5.91 Å². The minimum atomic E-state index is -0.772. The van der Waals surface area contributed by atoms with Crippen molar-refractivity contribution >= 4 is 29.6 Å².